The molecule has 1 aromatic carbocycles. The van der Waals surface area contributed by atoms with Crippen LogP contribution in [0.1, 0.15) is 30.1 Å². The van der Waals surface area contributed by atoms with Crippen molar-refractivity contribution in [1.29, 1.82) is 0 Å². The molecular weight excluding hydrogens is 428 g/mol. The predicted octanol–water partition coefficient (Wildman–Crippen LogP) is 3.90. The Bertz CT molecular complexity index is 965. The number of morpholine rings is 1. The highest BCUT2D eigenvalue weighted by Gasteiger charge is 2.26. The number of rotatable bonds is 8. The second kappa shape index (κ2) is 10.4. The van der Waals surface area contributed by atoms with E-state index in [1.807, 2.05) is 24.8 Å². The number of nitrogens with zero attached hydrogens (tertiary/aromatic N) is 4. The lowest BCUT2D eigenvalue weighted by atomic mass is 10.1. The van der Waals surface area contributed by atoms with Gasteiger partial charge in [-0.3, -0.25) is 4.79 Å². The third-order valence-electron chi connectivity index (χ3n) is 5.27. The van der Waals surface area contributed by atoms with Gasteiger partial charge in [-0.1, -0.05) is 48.2 Å². The van der Waals surface area contributed by atoms with Gasteiger partial charge in [0.1, 0.15) is 5.82 Å². The first kappa shape index (κ1) is 22.0. The fourth-order valence-corrected chi connectivity index (χ4v) is 5.42. The summed E-state index contributed by atoms with van der Waals surface area (Å²) in [6, 6.07) is 14.6. The molecule has 0 unspecified atom stereocenters. The summed E-state index contributed by atoms with van der Waals surface area (Å²) in [6.45, 7) is 6.11. The molecule has 8 heteroatoms. The van der Waals surface area contributed by atoms with E-state index in [2.05, 4.69) is 56.5 Å². The Kier molecular flexibility index (Phi) is 7.42. The molecule has 3 heterocycles. The molecule has 1 amide bonds. The Balaban J connectivity index is 1.45. The number of hydrogen-bond acceptors (Lipinski definition) is 6. The largest absolute Gasteiger partial charge is 0.372 e. The lowest BCUT2D eigenvalue weighted by Crippen LogP contribution is -2.48. The highest BCUT2D eigenvalue weighted by Crippen LogP contribution is 2.22. The van der Waals surface area contributed by atoms with Crippen molar-refractivity contribution in [1.82, 2.24) is 19.7 Å². The van der Waals surface area contributed by atoms with E-state index in [4.69, 9.17) is 4.74 Å². The van der Waals surface area contributed by atoms with Gasteiger partial charge in [0.15, 0.2) is 5.16 Å². The highest BCUT2D eigenvalue weighted by molar-refractivity contribution is 7.99. The summed E-state index contributed by atoms with van der Waals surface area (Å²) in [4.78, 5) is 16.0. The standard InChI is InChI=1S/C23H28N4O2S2/c1-17-14-26(15-18(2)29-17)22(28)16-31-23-25-24-21(13-20-9-6-12-30-20)27(23)11-10-19-7-4-3-5-8-19/h3-9,12,17-18H,10-11,13-16H2,1-2H3/t17-,18-/m0/s1. The van der Waals surface area contributed by atoms with Crippen molar-refractivity contribution in [2.45, 2.75) is 50.6 Å². The van der Waals surface area contributed by atoms with Gasteiger partial charge < -0.3 is 14.2 Å². The monoisotopic (exact) mass is 456 g/mol. The molecule has 0 saturated carbocycles. The van der Waals surface area contributed by atoms with Crippen LogP contribution in [-0.2, 0) is 28.9 Å². The Morgan fingerprint density at radius 2 is 1.90 bits per heavy atom. The summed E-state index contributed by atoms with van der Waals surface area (Å²) >= 11 is 3.21. The molecule has 0 spiro atoms. The number of thioether (sulfide) groups is 1. The van der Waals surface area contributed by atoms with E-state index < -0.39 is 0 Å². The minimum atomic E-state index is 0.0737. The lowest BCUT2D eigenvalue weighted by molar-refractivity contribution is -0.140. The third-order valence-corrected chi connectivity index (χ3v) is 7.10. The molecule has 164 valence electrons. The molecule has 0 aliphatic carbocycles. The topological polar surface area (TPSA) is 60.2 Å². The molecule has 6 nitrogen and oxygen atoms in total. The van der Waals surface area contributed by atoms with Crippen molar-refractivity contribution < 1.29 is 9.53 Å². The summed E-state index contributed by atoms with van der Waals surface area (Å²) in [5.41, 5.74) is 1.28. The van der Waals surface area contributed by atoms with Crippen molar-refractivity contribution in [2.75, 3.05) is 18.8 Å². The fourth-order valence-electron chi connectivity index (χ4n) is 3.83. The third kappa shape index (κ3) is 5.96. The van der Waals surface area contributed by atoms with E-state index >= 15 is 0 Å². The maximum Gasteiger partial charge on any atom is 0.233 e. The number of benzene rings is 1. The van der Waals surface area contributed by atoms with Crippen LogP contribution in [0, 0.1) is 0 Å². The maximum atomic E-state index is 12.8. The number of hydrogen-bond donors (Lipinski definition) is 0. The maximum absolute atomic E-state index is 12.8. The van der Waals surface area contributed by atoms with E-state index in [0.717, 1.165) is 30.4 Å². The summed E-state index contributed by atoms with van der Waals surface area (Å²) < 4.78 is 7.93. The number of carbonyl (C=O) groups is 1. The molecule has 0 radical (unpaired) electrons. The molecule has 4 rings (SSSR count). The number of amides is 1. The molecule has 1 saturated heterocycles. The minimum Gasteiger partial charge on any atom is -0.372 e. The SMILES string of the molecule is C[C@H]1CN(C(=O)CSc2nnc(Cc3cccs3)n2CCc2ccccc2)C[C@H](C)O1. The van der Waals surface area contributed by atoms with Gasteiger partial charge in [0, 0.05) is 30.9 Å². The average molecular weight is 457 g/mol. The van der Waals surface area contributed by atoms with Crippen LogP contribution in [0.4, 0.5) is 0 Å². The number of aryl methyl sites for hydroxylation is 1. The average Bonchev–Trinajstić information content (AvgIpc) is 3.41. The van der Waals surface area contributed by atoms with Gasteiger partial charge in [0.2, 0.25) is 5.91 Å². The van der Waals surface area contributed by atoms with E-state index in [1.165, 1.54) is 22.2 Å². The first-order chi connectivity index (χ1) is 15.1. The molecule has 1 fully saturated rings. The lowest BCUT2D eigenvalue weighted by Gasteiger charge is -2.35. The second-order valence-corrected chi connectivity index (χ2v) is 9.86. The summed E-state index contributed by atoms with van der Waals surface area (Å²) in [6.07, 6.45) is 1.80. The predicted molar refractivity (Wildman–Crippen MR) is 125 cm³/mol. The molecule has 31 heavy (non-hydrogen) atoms. The van der Waals surface area contributed by atoms with Gasteiger partial charge in [-0.15, -0.1) is 21.5 Å². The zero-order valence-electron chi connectivity index (χ0n) is 17.9. The van der Waals surface area contributed by atoms with Crippen molar-refractivity contribution in [3.05, 3.63) is 64.1 Å². The van der Waals surface area contributed by atoms with Crippen molar-refractivity contribution in [2.24, 2.45) is 0 Å². The van der Waals surface area contributed by atoms with Gasteiger partial charge in [0.05, 0.1) is 18.0 Å². The Labute approximate surface area is 191 Å². The Hall–Kier alpha value is -2.16. The number of carbonyl (C=O) groups excluding carboxylic acids is 1. The van der Waals surface area contributed by atoms with Crippen LogP contribution in [-0.4, -0.2) is 56.6 Å². The number of aromatic nitrogens is 3. The van der Waals surface area contributed by atoms with Crippen LogP contribution in [0.5, 0.6) is 0 Å². The molecule has 0 bridgehead atoms. The summed E-state index contributed by atoms with van der Waals surface area (Å²) in [7, 11) is 0. The van der Waals surface area contributed by atoms with Crippen LogP contribution < -0.4 is 0 Å². The van der Waals surface area contributed by atoms with E-state index in [0.29, 0.717) is 18.8 Å². The van der Waals surface area contributed by atoms with Gasteiger partial charge in [-0.2, -0.15) is 0 Å². The first-order valence-corrected chi connectivity index (χ1v) is 12.5. The van der Waals surface area contributed by atoms with Crippen molar-refractivity contribution in [3.63, 3.8) is 0 Å². The van der Waals surface area contributed by atoms with Crippen LogP contribution in [0.15, 0.2) is 53.0 Å². The smallest absolute Gasteiger partial charge is 0.233 e. The molecule has 0 N–H and O–H groups in total. The van der Waals surface area contributed by atoms with Crippen LogP contribution in [0.2, 0.25) is 0 Å². The van der Waals surface area contributed by atoms with Crippen molar-refractivity contribution >= 4 is 29.0 Å². The molecule has 2 aromatic heterocycles. The summed E-state index contributed by atoms with van der Waals surface area (Å²) in [5, 5.41) is 11.8. The van der Waals surface area contributed by atoms with Crippen LogP contribution in [0.25, 0.3) is 0 Å². The van der Waals surface area contributed by atoms with Gasteiger partial charge in [0.25, 0.3) is 0 Å². The van der Waals surface area contributed by atoms with E-state index in [-0.39, 0.29) is 18.1 Å². The second-order valence-electron chi connectivity index (χ2n) is 7.89. The van der Waals surface area contributed by atoms with Gasteiger partial charge >= 0.3 is 0 Å². The molecule has 3 aromatic rings. The molecular formula is C23H28N4O2S2. The normalized spacial score (nSPS) is 19.0. The molecule has 1 aliphatic heterocycles. The molecule has 1 aliphatic rings. The van der Waals surface area contributed by atoms with Crippen LogP contribution >= 0.6 is 23.1 Å². The van der Waals surface area contributed by atoms with E-state index in [1.54, 1.807) is 11.3 Å². The highest BCUT2D eigenvalue weighted by atomic mass is 32.2. The zero-order chi connectivity index (χ0) is 21.6. The fraction of sp³-hybridized carbons (Fsp3) is 0.435. The zero-order valence-corrected chi connectivity index (χ0v) is 19.6. The van der Waals surface area contributed by atoms with Gasteiger partial charge in [-0.05, 0) is 37.3 Å². The van der Waals surface area contributed by atoms with Crippen LogP contribution in [0.3, 0.4) is 0 Å². The molecule has 2 atom stereocenters. The Morgan fingerprint density at radius 3 is 2.61 bits per heavy atom. The van der Waals surface area contributed by atoms with Crippen molar-refractivity contribution in [3.8, 4) is 0 Å². The quantitative estimate of drug-likeness (QED) is 0.481. The Morgan fingerprint density at radius 1 is 1.13 bits per heavy atom. The van der Waals surface area contributed by atoms with E-state index in [9.17, 15) is 4.79 Å². The number of thiophene rings is 1. The summed E-state index contributed by atoms with van der Waals surface area (Å²) in [5.74, 6) is 1.44. The first-order valence-electron chi connectivity index (χ1n) is 10.6. The van der Waals surface area contributed by atoms with Gasteiger partial charge in [-0.25, -0.2) is 0 Å². The minimum absolute atomic E-state index is 0.0737. The number of ether oxygens (including phenoxy) is 1.